The molecule has 1 N–H and O–H groups in total. The molecule has 2 heterocycles. The van der Waals surface area contributed by atoms with E-state index in [0.29, 0.717) is 11.0 Å². The van der Waals surface area contributed by atoms with E-state index in [1.165, 1.54) is 17.3 Å². The maximum absolute atomic E-state index is 12.5. The smallest absolute Gasteiger partial charge is 0.234 e. The Morgan fingerprint density at radius 1 is 1.06 bits per heavy atom. The second kappa shape index (κ2) is 9.53. The van der Waals surface area contributed by atoms with Gasteiger partial charge in [0.05, 0.1) is 12.9 Å². The molecule has 158 valence electrons. The molecule has 0 saturated heterocycles. The zero-order valence-corrected chi connectivity index (χ0v) is 18.2. The van der Waals surface area contributed by atoms with Gasteiger partial charge in [-0.25, -0.2) is 4.68 Å². The van der Waals surface area contributed by atoms with Crippen LogP contribution in [0.1, 0.15) is 12.5 Å². The van der Waals surface area contributed by atoms with Crippen molar-refractivity contribution in [3.8, 4) is 17.1 Å². The van der Waals surface area contributed by atoms with E-state index in [-0.39, 0.29) is 11.7 Å². The van der Waals surface area contributed by atoms with Gasteiger partial charge in [-0.3, -0.25) is 9.47 Å². The highest BCUT2D eigenvalue weighted by Gasteiger charge is 2.17. The number of anilines is 1. The highest BCUT2D eigenvalue weighted by molar-refractivity contribution is 7.99. The molecule has 0 aliphatic carbocycles. The van der Waals surface area contributed by atoms with Crippen LogP contribution in [0.3, 0.4) is 0 Å². The van der Waals surface area contributed by atoms with Gasteiger partial charge in [0.1, 0.15) is 5.75 Å². The number of methoxy groups -OCH3 is 1. The van der Waals surface area contributed by atoms with Crippen LogP contribution in [0.5, 0.6) is 5.75 Å². The number of nitrogens with one attached hydrogen (secondary N) is 1. The standard InChI is InChI=1S/C23H23N5O2S/c1-3-17-9-11-19(12-10-17)24-21(29)16-31-23-26-25-22(28(23)27-13-4-5-14-27)18-7-6-8-20(15-18)30-2/h4-15H,3,16H2,1-2H3,(H,24,29). The first-order valence-corrected chi connectivity index (χ1v) is 10.9. The summed E-state index contributed by atoms with van der Waals surface area (Å²) >= 11 is 1.33. The maximum atomic E-state index is 12.5. The first kappa shape index (κ1) is 20.7. The van der Waals surface area contributed by atoms with Crippen molar-refractivity contribution in [2.24, 2.45) is 0 Å². The van der Waals surface area contributed by atoms with E-state index < -0.39 is 0 Å². The van der Waals surface area contributed by atoms with Crippen LogP contribution >= 0.6 is 11.8 Å². The van der Waals surface area contributed by atoms with E-state index in [0.717, 1.165) is 23.4 Å². The van der Waals surface area contributed by atoms with Gasteiger partial charge in [0, 0.05) is 23.6 Å². The molecule has 0 radical (unpaired) electrons. The third kappa shape index (κ3) is 4.80. The Morgan fingerprint density at radius 3 is 2.55 bits per heavy atom. The summed E-state index contributed by atoms with van der Waals surface area (Å²) < 4.78 is 9.11. The fraction of sp³-hybridized carbons (Fsp3) is 0.174. The Kier molecular flexibility index (Phi) is 6.37. The monoisotopic (exact) mass is 433 g/mol. The number of hydrogen-bond acceptors (Lipinski definition) is 5. The van der Waals surface area contributed by atoms with Crippen LogP contribution in [-0.2, 0) is 11.2 Å². The largest absolute Gasteiger partial charge is 0.497 e. The molecule has 2 aromatic carbocycles. The zero-order chi connectivity index (χ0) is 21.6. The molecule has 0 saturated carbocycles. The van der Waals surface area contributed by atoms with Crippen LogP contribution < -0.4 is 10.1 Å². The maximum Gasteiger partial charge on any atom is 0.234 e. The van der Waals surface area contributed by atoms with Crippen molar-refractivity contribution in [3.63, 3.8) is 0 Å². The number of amides is 1. The molecule has 0 aliphatic heterocycles. The van der Waals surface area contributed by atoms with Gasteiger partial charge in [0.25, 0.3) is 0 Å². The summed E-state index contributed by atoms with van der Waals surface area (Å²) in [5, 5.41) is 12.3. The van der Waals surface area contributed by atoms with Gasteiger partial charge >= 0.3 is 0 Å². The van der Waals surface area contributed by atoms with Gasteiger partial charge in [-0.2, -0.15) is 0 Å². The molecule has 0 fully saturated rings. The minimum atomic E-state index is -0.0979. The lowest BCUT2D eigenvalue weighted by molar-refractivity contribution is -0.113. The third-order valence-corrected chi connectivity index (χ3v) is 5.66. The summed E-state index contributed by atoms with van der Waals surface area (Å²) in [6.45, 7) is 2.10. The molecule has 0 bridgehead atoms. The molecule has 4 rings (SSSR count). The lowest BCUT2D eigenvalue weighted by atomic mass is 10.1. The van der Waals surface area contributed by atoms with Gasteiger partial charge in [-0.1, -0.05) is 43.0 Å². The quantitative estimate of drug-likeness (QED) is 0.418. The van der Waals surface area contributed by atoms with Crippen molar-refractivity contribution >= 4 is 23.4 Å². The predicted octanol–water partition coefficient (Wildman–Crippen LogP) is 4.36. The summed E-state index contributed by atoms with van der Waals surface area (Å²) in [7, 11) is 1.63. The highest BCUT2D eigenvalue weighted by atomic mass is 32.2. The van der Waals surface area contributed by atoms with Crippen molar-refractivity contribution in [2.45, 2.75) is 18.5 Å². The summed E-state index contributed by atoms with van der Waals surface area (Å²) in [4.78, 5) is 12.5. The zero-order valence-electron chi connectivity index (χ0n) is 17.4. The normalized spacial score (nSPS) is 10.8. The topological polar surface area (TPSA) is 74.0 Å². The minimum absolute atomic E-state index is 0.0979. The SMILES string of the molecule is CCc1ccc(NC(=O)CSc2nnc(-c3cccc(OC)c3)n2-n2cccc2)cc1. The molecule has 0 aliphatic rings. The number of carbonyl (C=O) groups is 1. The van der Waals surface area contributed by atoms with Crippen molar-refractivity contribution < 1.29 is 9.53 Å². The molecule has 1 amide bonds. The van der Waals surface area contributed by atoms with Gasteiger partial charge in [-0.05, 0) is 48.4 Å². The molecule has 0 unspecified atom stereocenters. The fourth-order valence-electron chi connectivity index (χ4n) is 3.12. The second-order valence-corrected chi connectivity index (χ2v) is 7.74. The molecule has 2 aromatic heterocycles. The lowest BCUT2D eigenvalue weighted by Crippen LogP contribution is -2.15. The Hall–Kier alpha value is -3.52. The number of hydrogen-bond donors (Lipinski definition) is 1. The Balaban J connectivity index is 1.54. The van der Waals surface area contributed by atoms with E-state index in [9.17, 15) is 4.79 Å². The molecular formula is C23H23N5O2S. The van der Waals surface area contributed by atoms with Crippen LogP contribution in [0.2, 0.25) is 0 Å². The van der Waals surface area contributed by atoms with E-state index in [2.05, 4.69) is 22.4 Å². The lowest BCUT2D eigenvalue weighted by Gasteiger charge is -2.12. The highest BCUT2D eigenvalue weighted by Crippen LogP contribution is 2.27. The van der Waals surface area contributed by atoms with E-state index in [1.54, 1.807) is 7.11 Å². The first-order chi connectivity index (χ1) is 15.2. The average molecular weight is 434 g/mol. The predicted molar refractivity (Wildman–Crippen MR) is 122 cm³/mol. The van der Waals surface area contributed by atoms with Gasteiger partial charge in [0.15, 0.2) is 5.82 Å². The summed E-state index contributed by atoms with van der Waals surface area (Å²) in [6, 6.07) is 19.4. The number of thioether (sulfide) groups is 1. The average Bonchev–Trinajstić information content (AvgIpc) is 3.48. The van der Waals surface area contributed by atoms with Gasteiger partial charge in [0.2, 0.25) is 11.1 Å². The van der Waals surface area contributed by atoms with E-state index in [4.69, 9.17) is 4.74 Å². The third-order valence-electron chi connectivity index (χ3n) is 4.74. The molecular weight excluding hydrogens is 410 g/mol. The van der Waals surface area contributed by atoms with Crippen molar-refractivity contribution in [1.82, 2.24) is 19.5 Å². The molecule has 4 aromatic rings. The first-order valence-electron chi connectivity index (χ1n) is 9.93. The van der Waals surface area contributed by atoms with Crippen molar-refractivity contribution in [1.29, 1.82) is 0 Å². The van der Waals surface area contributed by atoms with Crippen LogP contribution in [0.15, 0.2) is 78.2 Å². The number of benzene rings is 2. The fourth-order valence-corrected chi connectivity index (χ4v) is 3.85. The minimum Gasteiger partial charge on any atom is -0.497 e. The number of carbonyl (C=O) groups excluding carboxylic acids is 1. The Morgan fingerprint density at radius 2 is 1.84 bits per heavy atom. The number of aryl methyl sites for hydroxylation is 1. The molecule has 0 spiro atoms. The molecule has 0 atom stereocenters. The van der Waals surface area contributed by atoms with Crippen LogP contribution in [0.25, 0.3) is 11.4 Å². The van der Waals surface area contributed by atoms with Crippen molar-refractivity contribution in [2.75, 3.05) is 18.2 Å². The van der Waals surface area contributed by atoms with Crippen molar-refractivity contribution in [3.05, 3.63) is 78.6 Å². The van der Waals surface area contributed by atoms with Crippen LogP contribution in [0, 0.1) is 0 Å². The molecule has 7 nitrogen and oxygen atoms in total. The van der Waals surface area contributed by atoms with Crippen LogP contribution in [-0.4, -0.2) is 38.3 Å². The van der Waals surface area contributed by atoms with E-state index in [1.807, 2.05) is 82.4 Å². The van der Waals surface area contributed by atoms with Gasteiger partial charge < -0.3 is 10.1 Å². The number of ether oxygens (including phenoxy) is 1. The summed E-state index contributed by atoms with van der Waals surface area (Å²) in [5.74, 6) is 1.52. The number of rotatable bonds is 8. The molecule has 8 heteroatoms. The Bertz CT molecular complexity index is 1150. The second-order valence-electron chi connectivity index (χ2n) is 6.80. The summed E-state index contributed by atoms with van der Waals surface area (Å²) in [5.41, 5.74) is 2.89. The van der Waals surface area contributed by atoms with Crippen LogP contribution in [0.4, 0.5) is 5.69 Å². The van der Waals surface area contributed by atoms with Gasteiger partial charge in [-0.15, -0.1) is 10.2 Å². The van der Waals surface area contributed by atoms with E-state index >= 15 is 0 Å². The number of nitrogens with zero attached hydrogens (tertiary/aromatic N) is 4. The molecule has 31 heavy (non-hydrogen) atoms. The summed E-state index contributed by atoms with van der Waals surface area (Å²) in [6.07, 6.45) is 4.79. The Labute approximate surface area is 185 Å². The number of aromatic nitrogens is 4.